The minimum Gasteiger partial charge on any atom is -0.369 e. The number of carbonyl (C=O) groups is 1. The molecule has 0 bridgehead atoms. The number of anilines is 1. The lowest BCUT2D eigenvalue weighted by atomic mass is 10.4. The fraction of sp³-hybridized carbons (Fsp3) is 0.125. The zero-order valence-electron chi connectivity index (χ0n) is 7.69. The van der Waals surface area contributed by atoms with Crippen molar-refractivity contribution in [2.24, 2.45) is 5.73 Å². The summed E-state index contributed by atoms with van der Waals surface area (Å²) < 4.78 is 0. The molecule has 0 aliphatic carbocycles. The Labute approximate surface area is 81.2 Å². The summed E-state index contributed by atoms with van der Waals surface area (Å²) in [5.74, 6) is -0.0533. The number of aromatic nitrogens is 1. The van der Waals surface area contributed by atoms with Crippen molar-refractivity contribution in [2.45, 2.75) is 0 Å². The van der Waals surface area contributed by atoms with Gasteiger partial charge in [-0.05, 0) is 12.1 Å². The fourth-order valence-electron chi connectivity index (χ4n) is 0.935. The van der Waals surface area contributed by atoms with Crippen LogP contribution in [0.3, 0.4) is 0 Å². The van der Waals surface area contributed by atoms with Crippen molar-refractivity contribution >= 4 is 17.8 Å². The number of hydrogen-bond donors (Lipinski definition) is 3. The Hall–Kier alpha value is -2.11. The number of amides is 2. The van der Waals surface area contributed by atoms with Crippen LogP contribution in [0.1, 0.15) is 0 Å². The molecule has 74 valence electrons. The maximum atomic E-state index is 11.3. The summed E-state index contributed by atoms with van der Waals surface area (Å²) in [6.07, 6.45) is 1.52. The zero-order chi connectivity index (χ0) is 10.6. The van der Waals surface area contributed by atoms with Gasteiger partial charge in [-0.2, -0.15) is 0 Å². The van der Waals surface area contributed by atoms with E-state index in [4.69, 9.17) is 11.1 Å². The van der Waals surface area contributed by atoms with E-state index in [-0.39, 0.29) is 5.96 Å². The number of nitrogens with two attached hydrogens (primary N) is 1. The third-order valence-corrected chi connectivity index (χ3v) is 1.54. The summed E-state index contributed by atoms with van der Waals surface area (Å²) in [6, 6.07) is 4.53. The summed E-state index contributed by atoms with van der Waals surface area (Å²) in [6.45, 7) is 0. The SMILES string of the molecule is CNC(=O)N(C(=N)N)c1ccccn1. The van der Waals surface area contributed by atoms with Gasteiger partial charge in [0.2, 0.25) is 5.96 Å². The van der Waals surface area contributed by atoms with E-state index in [1.165, 1.54) is 13.2 Å². The number of guanidine groups is 1. The second kappa shape index (κ2) is 4.22. The summed E-state index contributed by atoms with van der Waals surface area (Å²) >= 11 is 0. The molecular weight excluding hydrogens is 182 g/mol. The molecule has 4 N–H and O–H groups in total. The highest BCUT2D eigenvalue weighted by Gasteiger charge is 2.17. The molecule has 1 heterocycles. The average molecular weight is 193 g/mol. The van der Waals surface area contributed by atoms with Crippen LogP contribution in [0.5, 0.6) is 0 Å². The highest BCUT2D eigenvalue weighted by molar-refractivity contribution is 6.13. The van der Waals surface area contributed by atoms with Crippen LogP contribution in [0.25, 0.3) is 0 Å². The van der Waals surface area contributed by atoms with Gasteiger partial charge < -0.3 is 11.1 Å². The number of urea groups is 1. The molecule has 0 spiro atoms. The quantitative estimate of drug-likeness (QED) is 0.436. The van der Waals surface area contributed by atoms with Gasteiger partial charge in [0.25, 0.3) is 0 Å². The second-order valence-corrected chi connectivity index (χ2v) is 2.46. The lowest BCUT2D eigenvalue weighted by molar-refractivity contribution is 0.250. The number of nitrogens with zero attached hydrogens (tertiary/aromatic N) is 2. The molecule has 1 aromatic rings. The van der Waals surface area contributed by atoms with E-state index in [0.29, 0.717) is 5.82 Å². The van der Waals surface area contributed by atoms with Crippen molar-refractivity contribution in [3.63, 3.8) is 0 Å². The number of carbonyl (C=O) groups excluding carboxylic acids is 1. The first-order chi connectivity index (χ1) is 6.66. The van der Waals surface area contributed by atoms with Gasteiger partial charge in [0.1, 0.15) is 5.82 Å². The van der Waals surface area contributed by atoms with Crippen molar-refractivity contribution < 1.29 is 4.79 Å². The summed E-state index contributed by atoms with van der Waals surface area (Å²) in [5.41, 5.74) is 5.25. The van der Waals surface area contributed by atoms with E-state index >= 15 is 0 Å². The molecule has 6 nitrogen and oxygen atoms in total. The van der Waals surface area contributed by atoms with Crippen LogP contribution in [0.4, 0.5) is 10.6 Å². The Morgan fingerprint density at radius 1 is 1.64 bits per heavy atom. The maximum Gasteiger partial charge on any atom is 0.329 e. The lowest BCUT2D eigenvalue weighted by Gasteiger charge is -2.18. The second-order valence-electron chi connectivity index (χ2n) is 2.46. The van der Waals surface area contributed by atoms with Crippen LogP contribution in [0.2, 0.25) is 0 Å². The zero-order valence-corrected chi connectivity index (χ0v) is 7.69. The third-order valence-electron chi connectivity index (χ3n) is 1.54. The fourth-order valence-corrected chi connectivity index (χ4v) is 0.935. The van der Waals surface area contributed by atoms with Crippen LogP contribution in [0.15, 0.2) is 24.4 Å². The molecule has 0 fully saturated rings. The Morgan fingerprint density at radius 3 is 2.79 bits per heavy atom. The van der Waals surface area contributed by atoms with Gasteiger partial charge in [0, 0.05) is 13.2 Å². The standard InChI is InChI=1S/C8H11N5O/c1-11-8(14)13(7(9)10)6-4-2-3-5-12-6/h2-5H,1H3,(H3,9,10)(H,11,14). The minimum absolute atomic E-state index is 0.319. The normalized spacial score (nSPS) is 9.21. The van der Waals surface area contributed by atoms with Crippen molar-refractivity contribution in [3.05, 3.63) is 24.4 Å². The van der Waals surface area contributed by atoms with Gasteiger partial charge in [0.15, 0.2) is 0 Å². The molecule has 0 radical (unpaired) electrons. The van der Waals surface area contributed by atoms with Gasteiger partial charge in [-0.15, -0.1) is 0 Å². The van der Waals surface area contributed by atoms with Crippen molar-refractivity contribution in [1.29, 1.82) is 5.41 Å². The third kappa shape index (κ3) is 1.98. The number of rotatable bonds is 1. The van der Waals surface area contributed by atoms with E-state index in [1.54, 1.807) is 18.2 Å². The predicted octanol–water partition coefficient (Wildman–Crippen LogP) is 0.121. The van der Waals surface area contributed by atoms with Crippen LogP contribution in [-0.4, -0.2) is 24.0 Å². The number of nitrogens with one attached hydrogen (secondary N) is 2. The molecule has 14 heavy (non-hydrogen) atoms. The summed E-state index contributed by atoms with van der Waals surface area (Å²) in [5, 5.41) is 9.60. The first kappa shape index (κ1) is 9.97. The van der Waals surface area contributed by atoms with Crippen LogP contribution in [-0.2, 0) is 0 Å². The van der Waals surface area contributed by atoms with Gasteiger partial charge in [-0.25, -0.2) is 14.7 Å². The molecule has 1 rings (SSSR count). The maximum absolute atomic E-state index is 11.3. The van der Waals surface area contributed by atoms with E-state index < -0.39 is 6.03 Å². The van der Waals surface area contributed by atoms with Gasteiger partial charge in [-0.1, -0.05) is 6.07 Å². The predicted molar refractivity (Wildman–Crippen MR) is 53.1 cm³/mol. The first-order valence-electron chi connectivity index (χ1n) is 3.93. The average Bonchev–Trinajstić information content (AvgIpc) is 2.19. The van der Waals surface area contributed by atoms with Crippen LogP contribution in [0, 0.1) is 5.41 Å². The largest absolute Gasteiger partial charge is 0.369 e. The molecule has 2 amide bonds. The van der Waals surface area contributed by atoms with E-state index in [1.807, 2.05) is 0 Å². The molecule has 0 atom stereocenters. The monoisotopic (exact) mass is 193 g/mol. The van der Waals surface area contributed by atoms with Crippen molar-refractivity contribution in [1.82, 2.24) is 10.3 Å². The molecule has 0 aliphatic rings. The number of hydrogen-bond acceptors (Lipinski definition) is 3. The Kier molecular flexibility index (Phi) is 3.01. The van der Waals surface area contributed by atoms with Crippen LogP contribution >= 0.6 is 0 Å². The smallest absolute Gasteiger partial charge is 0.329 e. The van der Waals surface area contributed by atoms with Crippen LogP contribution < -0.4 is 16.0 Å². The molecule has 1 aromatic heterocycles. The molecule has 0 saturated heterocycles. The number of pyridine rings is 1. The highest BCUT2D eigenvalue weighted by atomic mass is 16.2. The Morgan fingerprint density at radius 2 is 2.36 bits per heavy atom. The first-order valence-corrected chi connectivity index (χ1v) is 3.93. The van der Waals surface area contributed by atoms with Gasteiger partial charge in [0.05, 0.1) is 0 Å². The molecule has 0 unspecified atom stereocenters. The Bertz CT molecular complexity index is 337. The highest BCUT2D eigenvalue weighted by Crippen LogP contribution is 2.07. The molecule has 6 heteroatoms. The molecule has 0 aliphatic heterocycles. The van der Waals surface area contributed by atoms with Crippen molar-refractivity contribution in [3.8, 4) is 0 Å². The van der Waals surface area contributed by atoms with Gasteiger partial charge in [-0.3, -0.25) is 5.41 Å². The Balaban J connectivity index is 3.01. The van der Waals surface area contributed by atoms with Gasteiger partial charge >= 0.3 is 6.03 Å². The van der Waals surface area contributed by atoms with E-state index in [9.17, 15) is 4.79 Å². The van der Waals surface area contributed by atoms with Crippen molar-refractivity contribution in [2.75, 3.05) is 11.9 Å². The molecule has 0 aromatic carbocycles. The lowest BCUT2D eigenvalue weighted by Crippen LogP contribution is -2.46. The van der Waals surface area contributed by atoms with E-state index in [0.717, 1.165) is 4.90 Å². The molecule has 0 saturated carbocycles. The topological polar surface area (TPSA) is 95.1 Å². The summed E-state index contributed by atoms with van der Waals surface area (Å²) in [4.78, 5) is 16.2. The summed E-state index contributed by atoms with van der Waals surface area (Å²) in [7, 11) is 1.46. The van der Waals surface area contributed by atoms with E-state index in [2.05, 4.69) is 10.3 Å². The minimum atomic E-state index is -0.490. The molecular formula is C8H11N5O.